The number of fused-ring (bicyclic) bond motifs is 3. The molecule has 0 saturated carbocycles. The van der Waals surface area contributed by atoms with Crippen LogP contribution in [0.2, 0.25) is 0 Å². The van der Waals surface area contributed by atoms with Crippen LogP contribution in [-0.4, -0.2) is 44.2 Å². The molecule has 24 heavy (non-hydrogen) atoms. The zero-order valence-corrected chi connectivity index (χ0v) is 14.1. The Morgan fingerprint density at radius 1 is 1.42 bits per heavy atom. The fourth-order valence-corrected chi connectivity index (χ4v) is 3.36. The van der Waals surface area contributed by atoms with Gasteiger partial charge < -0.3 is 20.3 Å². The predicted molar refractivity (Wildman–Crippen MR) is 93.5 cm³/mol. The number of piperidine rings is 1. The molecule has 1 fully saturated rings. The van der Waals surface area contributed by atoms with Gasteiger partial charge in [-0.3, -0.25) is 9.59 Å². The van der Waals surface area contributed by atoms with Gasteiger partial charge >= 0.3 is 0 Å². The molecule has 0 aliphatic carbocycles. The number of carbonyl (C=O) groups is 2. The van der Waals surface area contributed by atoms with Crippen molar-refractivity contribution in [2.24, 2.45) is 0 Å². The highest BCUT2D eigenvalue weighted by Gasteiger charge is 2.34. The summed E-state index contributed by atoms with van der Waals surface area (Å²) < 4.78 is 5.25. The summed E-state index contributed by atoms with van der Waals surface area (Å²) in [5.74, 6) is -0.0826. The summed E-state index contributed by atoms with van der Waals surface area (Å²) in [7, 11) is 0. The summed E-state index contributed by atoms with van der Waals surface area (Å²) in [5, 5.41) is 5.84. The van der Waals surface area contributed by atoms with Gasteiger partial charge in [0, 0.05) is 31.9 Å². The molecule has 0 radical (unpaired) electrons. The van der Waals surface area contributed by atoms with Gasteiger partial charge in [-0.05, 0) is 50.8 Å². The Labute approximate surface area is 142 Å². The number of nitrogens with zero attached hydrogens (tertiary/aromatic N) is 1. The molecule has 6 nitrogen and oxygen atoms in total. The Morgan fingerprint density at radius 3 is 3.12 bits per heavy atom. The first-order chi connectivity index (χ1) is 11.7. The summed E-state index contributed by atoms with van der Waals surface area (Å²) in [6, 6.07) is 5.49. The number of hydrogen-bond acceptors (Lipinski definition) is 4. The van der Waals surface area contributed by atoms with Gasteiger partial charge in [0.2, 0.25) is 5.91 Å². The van der Waals surface area contributed by atoms with Crippen LogP contribution in [-0.2, 0) is 9.53 Å². The van der Waals surface area contributed by atoms with E-state index in [2.05, 4.69) is 15.5 Å². The third kappa shape index (κ3) is 3.53. The lowest BCUT2D eigenvalue weighted by molar-refractivity contribution is -0.118. The molecule has 0 bridgehead atoms. The normalized spacial score (nSPS) is 19.3. The molecule has 2 aliphatic heterocycles. The highest BCUT2D eigenvalue weighted by atomic mass is 16.5. The molecule has 1 aromatic rings. The standard InChI is InChI=1S/C18H25N3O3/c1-2-24-11-5-9-19-17(22)13-7-8-15-14(12-13)20-18(23)16-6-3-4-10-21(15)16/h7-8,12,16H,2-6,9-11H2,1H3,(H,19,22)(H,20,23)/t16-/m0/s1. The molecule has 1 atom stereocenters. The summed E-state index contributed by atoms with van der Waals surface area (Å²) in [6.45, 7) is 4.76. The molecule has 2 amide bonds. The van der Waals surface area contributed by atoms with Gasteiger partial charge in [-0.15, -0.1) is 0 Å². The van der Waals surface area contributed by atoms with Crippen LogP contribution in [0.5, 0.6) is 0 Å². The Kier molecular flexibility index (Phi) is 5.35. The van der Waals surface area contributed by atoms with Gasteiger partial charge in [0.15, 0.2) is 0 Å². The Balaban J connectivity index is 1.66. The first-order valence-electron chi connectivity index (χ1n) is 8.78. The van der Waals surface area contributed by atoms with Crippen LogP contribution in [0, 0.1) is 0 Å². The molecule has 2 heterocycles. The smallest absolute Gasteiger partial charge is 0.251 e. The zero-order chi connectivity index (χ0) is 16.9. The quantitative estimate of drug-likeness (QED) is 0.784. The van der Waals surface area contributed by atoms with Crippen molar-refractivity contribution in [3.8, 4) is 0 Å². The van der Waals surface area contributed by atoms with Crippen molar-refractivity contribution in [1.82, 2.24) is 5.32 Å². The molecule has 0 aromatic heterocycles. The van der Waals surface area contributed by atoms with E-state index in [1.165, 1.54) is 0 Å². The van der Waals surface area contributed by atoms with E-state index in [0.29, 0.717) is 25.3 Å². The van der Waals surface area contributed by atoms with Crippen molar-refractivity contribution >= 4 is 23.2 Å². The molecule has 6 heteroatoms. The van der Waals surface area contributed by atoms with Crippen molar-refractivity contribution in [1.29, 1.82) is 0 Å². The molecule has 2 N–H and O–H groups in total. The average Bonchev–Trinajstić information content (AvgIpc) is 2.61. The lowest BCUT2D eigenvalue weighted by atomic mass is 9.97. The van der Waals surface area contributed by atoms with Crippen molar-refractivity contribution in [2.75, 3.05) is 36.5 Å². The highest BCUT2D eigenvalue weighted by Crippen LogP contribution is 2.36. The third-order valence-corrected chi connectivity index (χ3v) is 4.59. The van der Waals surface area contributed by atoms with E-state index in [1.807, 2.05) is 19.1 Å². The summed E-state index contributed by atoms with van der Waals surface area (Å²) in [4.78, 5) is 26.7. The van der Waals surface area contributed by atoms with Crippen LogP contribution in [0.1, 0.15) is 43.0 Å². The van der Waals surface area contributed by atoms with Crippen LogP contribution >= 0.6 is 0 Å². The Hall–Kier alpha value is -2.08. The number of hydrogen-bond donors (Lipinski definition) is 2. The summed E-state index contributed by atoms with van der Waals surface area (Å²) >= 11 is 0. The maximum absolute atomic E-state index is 12.3. The van der Waals surface area contributed by atoms with Gasteiger partial charge in [0.25, 0.3) is 5.91 Å². The largest absolute Gasteiger partial charge is 0.382 e. The molecule has 1 saturated heterocycles. The van der Waals surface area contributed by atoms with Crippen LogP contribution in [0.15, 0.2) is 18.2 Å². The monoisotopic (exact) mass is 331 g/mol. The van der Waals surface area contributed by atoms with E-state index in [9.17, 15) is 9.59 Å². The second-order valence-corrected chi connectivity index (χ2v) is 6.23. The van der Waals surface area contributed by atoms with E-state index in [4.69, 9.17) is 4.74 Å². The fourth-order valence-electron chi connectivity index (χ4n) is 3.36. The van der Waals surface area contributed by atoms with Crippen LogP contribution in [0.3, 0.4) is 0 Å². The minimum Gasteiger partial charge on any atom is -0.382 e. The SMILES string of the molecule is CCOCCCNC(=O)c1ccc2c(c1)NC(=O)[C@@H]1CCCCN21. The van der Waals surface area contributed by atoms with Crippen molar-refractivity contribution in [3.63, 3.8) is 0 Å². The molecular weight excluding hydrogens is 306 g/mol. The lowest BCUT2D eigenvalue weighted by Gasteiger charge is -2.41. The number of benzene rings is 1. The maximum Gasteiger partial charge on any atom is 0.251 e. The van der Waals surface area contributed by atoms with Gasteiger partial charge in [-0.25, -0.2) is 0 Å². The van der Waals surface area contributed by atoms with E-state index in [1.54, 1.807) is 6.07 Å². The second kappa shape index (κ2) is 7.66. The predicted octanol–water partition coefficient (Wildman–Crippen LogP) is 2.15. The van der Waals surface area contributed by atoms with Crippen LogP contribution in [0.25, 0.3) is 0 Å². The van der Waals surface area contributed by atoms with Gasteiger partial charge in [0.1, 0.15) is 6.04 Å². The van der Waals surface area contributed by atoms with Gasteiger partial charge in [-0.2, -0.15) is 0 Å². The van der Waals surface area contributed by atoms with Crippen molar-refractivity contribution in [2.45, 2.75) is 38.6 Å². The fraction of sp³-hybridized carbons (Fsp3) is 0.556. The number of anilines is 2. The first kappa shape index (κ1) is 16.8. The topological polar surface area (TPSA) is 70.7 Å². The van der Waals surface area contributed by atoms with E-state index < -0.39 is 0 Å². The van der Waals surface area contributed by atoms with E-state index in [0.717, 1.165) is 43.6 Å². The van der Waals surface area contributed by atoms with Gasteiger partial charge in [-0.1, -0.05) is 0 Å². The number of ether oxygens (including phenoxy) is 1. The number of nitrogens with one attached hydrogen (secondary N) is 2. The molecule has 0 spiro atoms. The number of amides is 2. The van der Waals surface area contributed by atoms with Crippen LogP contribution < -0.4 is 15.5 Å². The molecular formula is C18H25N3O3. The van der Waals surface area contributed by atoms with E-state index >= 15 is 0 Å². The molecule has 1 aromatic carbocycles. The zero-order valence-electron chi connectivity index (χ0n) is 14.1. The molecule has 0 unspecified atom stereocenters. The molecule has 3 rings (SSSR count). The van der Waals surface area contributed by atoms with Crippen molar-refractivity contribution < 1.29 is 14.3 Å². The summed E-state index contributed by atoms with van der Waals surface area (Å²) in [5.41, 5.74) is 2.33. The maximum atomic E-state index is 12.3. The van der Waals surface area contributed by atoms with Crippen molar-refractivity contribution in [3.05, 3.63) is 23.8 Å². The molecule has 130 valence electrons. The number of carbonyl (C=O) groups excluding carboxylic acids is 2. The van der Waals surface area contributed by atoms with Crippen LogP contribution in [0.4, 0.5) is 11.4 Å². The Bertz CT molecular complexity index is 618. The Morgan fingerprint density at radius 2 is 2.29 bits per heavy atom. The van der Waals surface area contributed by atoms with Gasteiger partial charge in [0.05, 0.1) is 11.4 Å². The third-order valence-electron chi connectivity index (χ3n) is 4.59. The first-order valence-corrected chi connectivity index (χ1v) is 8.78. The average molecular weight is 331 g/mol. The lowest BCUT2D eigenvalue weighted by Crippen LogP contribution is -2.50. The number of rotatable bonds is 6. The minimum absolute atomic E-state index is 0.0384. The highest BCUT2D eigenvalue weighted by molar-refractivity contribution is 6.05. The summed E-state index contributed by atoms with van der Waals surface area (Å²) in [6.07, 6.45) is 3.88. The second-order valence-electron chi connectivity index (χ2n) is 6.23. The minimum atomic E-state index is -0.121. The molecule has 2 aliphatic rings. The van der Waals surface area contributed by atoms with E-state index in [-0.39, 0.29) is 17.9 Å².